The van der Waals surface area contributed by atoms with Crippen LogP contribution in [0.15, 0.2) is 91.0 Å². The summed E-state index contributed by atoms with van der Waals surface area (Å²) < 4.78 is 0. The van der Waals surface area contributed by atoms with Crippen molar-refractivity contribution in [2.45, 2.75) is 51.0 Å². The highest BCUT2D eigenvalue weighted by atomic mass is 16.4. The third-order valence-corrected chi connectivity index (χ3v) is 7.31. The van der Waals surface area contributed by atoms with Gasteiger partial charge in [0.25, 0.3) is 0 Å². The zero-order valence-electron chi connectivity index (χ0n) is 21.7. The number of hydrogen-bond acceptors (Lipinski definition) is 3. The Morgan fingerprint density at radius 2 is 1.32 bits per heavy atom. The summed E-state index contributed by atoms with van der Waals surface area (Å²) in [4.78, 5) is 40.9. The molecule has 2 amide bonds. The maximum Gasteiger partial charge on any atom is 0.306 e. The number of aliphatic carboxylic acids is 1. The van der Waals surface area contributed by atoms with E-state index in [2.05, 4.69) is 5.32 Å². The Balaban J connectivity index is 1.47. The van der Waals surface area contributed by atoms with Gasteiger partial charge in [-0.3, -0.25) is 14.4 Å². The molecule has 6 nitrogen and oxygen atoms in total. The van der Waals surface area contributed by atoms with Crippen LogP contribution in [0.5, 0.6) is 0 Å². The van der Waals surface area contributed by atoms with E-state index in [0.717, 1.165) is 29.7 Å². The fourth-order valence-corrected chi connectivity index (χ4v) is 5.17. The molecule has 0 spiro atoms. The number of carbonyl (C=O) groups excluding carboxylic acids is 2. The number of benzene rings is 3. The molecule has 2 N–H and O–H groups in total. The first-order valence-corrected chi connectivity index (χ1v) is 13.5. The summed E-state index contributed by atoms with van der Waals surface area (Å²) in [6.45, 7) is 0.627. The zero-order valence-corrected chi connectivity index (χ0v) is 21.7. The minimum atomic E-state index is -0.856. The van der Waals surface area contributed by atoms with E-state index in [1.807, 2.05) is 91.0 Å². The third-order valence-electron chi connectivity index (χ3n) is 7.31. The second-order valence-corrected chi connectivity index (χ2v) is 10.1. The SMILES string of the molecule is O=C(O)[C@H](CC[C@H](Cc1ccccc1)C(=O)NC1CCCCN(c2ccccc2)C1=O)Cc1ccccc1. The number of rotatable bonds is 11. The van der Waals surface area contributed by atoms with Crippen LogP contribution in [-0.2, 0) is 27.2 Å². The van der Waals surface area contributed by atoms with Crippen LogP contribution in [0.25, 0.3) is 0 Å². The topological polar surface area (TPSA) is 86.7 Å². The van der Waals surface area contributed by atoms with Crippen LogP contribution >= 0.6 is 0 Å². The van der Waals surface area contributed by atoms with E-state index in [4.69, 9.17) is 0 Å². The van der Waals surface area contributed by atoms with Gasteiger partial charge in [0.1, 0.15) is 6.04 Å². The summed E-state index contributed by atoms with van der Waals surface area (Å²) in [6, 6.07) is 28.3. The molecular formula is C32H36N2O4. The lowest BCUT2D eigenvalue weighted by atomic mass is 9.87. The Morgan fingerprint density at radius 1 is 0.789 bits per heavy atom. The molecule has 0 aromatic heterocycles. The molecule has 6 heteroatoms. The number of anilines is 1. The number of carboxylic acid groups (broad SMARTS) is 1. The van der Waals surface area contributed by atoms with E-state index in [-0.39, 0.29) is 11.8 Å². The van der Waals surface area contributed by atoms with Crippen molar-refractivity contribution in [3.63, 3.8) is 0 Å². The van der Waals surface area contributed by atoms with Crippen molar-refractivity contribution in [2.24, 2.45) is 11.8 Å². The zero-order chi connectivity index (χ0) is 26.7. The van der Waals surface area contributed by atoms with Crippen LogP contribution in [0.2, 0.25) is 0 Å². The predicted molar refractivity (Wildman–Crippen MR) is 149 cm³/mol. The van der Waals surface area contributed by atoms with Gasteiger partial charge in [0.2, 0.25) is 11.8 Å². The standard InChI is InChI=1S/C32H36N2O4/c35-30(33-29-18-10-11-21-34(31(29)36)28-16-8-3-9-17-28)26(22-24-12-4-1-5-13-24)19-20-27(32(37)38)23-25-14-6-2-7-15-25/h1-9,12-17,26-27,29H,10-11,18-23H2,(H,33,35)(H,37,38)/t26-,27-,29?/m1/s1. The van der Waals surface area contributed by atoms with E-state index in [9.17, 15) is 19.5 Å². The summed E-state index contributed by atoms with van der Waals surface area (Å²) >= 11 is 0. The molecule has 1 fully saturated rings. The normalized spacial score (nSPS) is 17.3. The van der Waals surface area contributed by atoms with Gasteiger partial charge in [0.15, 0.2) is 0 Å². The molecule has 0 bridgehead atoms. The van der Waals surface area contributed by atoms with Crippen LogP contribution in [0.4, 0.5) is 5.69 Å². The monoisotopic (exact) mass is 512 g/mol. The van der Waals surface area contributed by atoms with E-state index in [0.29, 0.717) is 38.6 Å². The minimum Gasteiger partial charge on any atom is -0.481 e. The average Bonchev–Trinajstić information content (AvgIpc) is 3.12. The van der Waals surface area contributed by atoms with E-state index >= 15 is 0 Å². The Hall–Kier alpha value is -3.93. The van der Waals surface area contributed by atoms with Crippen molar-refractivity contribution in [1.29, 1.82) is 0 Å². The first-order valence-electron chi connectivity index (χ1n) is 13.5. The number of nitrogens with zero attached hydrogens (tertiary/aromatic N) is 1. The van der Waals surface area contributed by atoms with Crippen molar-refractivity contribution < 1.29 is 19.5 Å². The Labute approximate surface area is 224 Å². The van der Waals surface area contributed by atoms with E-state index in [1.54, 1.807) is 4.90 Å². The number of carboxylic acids is 1. The van der Waals surface area contributed by atoms with Crippen molar-refractivity contribution in [1.82, 2.24) is 5.32 Å². The highest BCUT2D eigenvalue weighted by Crippen LogP contribution is 2.24. The summed E-state index contributed by atoms with van der Waals surface area (Å²) in [5.41, 5.74) is 2.82. The van der Waals surface area contributed by atoms with Crippen LogP contribution in [-0.4, -0.2) is 35.5 Å². The van der Waals surface area contributed by atoms with Gasteiger partial charge in [0.05, 0.1) is 5.92 Å². The second kappa shape index (κ2) is 13.6. The van der Waals surface area contributed by atoms with Gasteiger partial charge < -0.3 is 15.3 Å². The quantitative estimate of drug-likeness (QED) is 0.366. The van der Waals surface area contributed by atoms with Crippen molar-refractivity contribution in [3.8, 4) is 0 Å². The van der Waals surface area contributed by atoms with Crippen molar-refractivity contribution in [3.05, 3.63) is 102 Å². The van der Waals surface area contributed by atoms with Gasteiger partial charge in [-0.05, 0) is 68.2 Å². The summed E-state index contributed by atoms with van der Waals surface area (Å²) in [5, 5.41) is 12.9. The lowest BCUT2D eigenvalue weighted by Crippen LogP contribution is -2.49. The van der Waals surface area contributed by atoms with Gasteiger partial charge in [-0.25, -0.2) is 0 Å². The Morgan fingerprint density at radius 3 is 1.89 bits per heavy atom. The first kappa shape index (κ1) is 27.1. The molecule has 0 saturated carbocycles. The largest absolute Gasteiger partial charge is 0.481 e. The van der Waals surface area contributed by atoms with Gasteiger partial charge in [-0.15, -0.1) is 0 Å². The van der Waals surface area contributed by atoms with E-state index < -0.39 is 23.8 Å². The average molecular weight is 513 g/mol. The molecule has 3 aromatic rings. The smallest absolute Gasteiger partial charge is 0.306 e. The molecule has 1 aliphatic heterocycles. The number of carbonyl (C=O) groups is 3. The number of nitrogens with one attached hydrogen (secondary N) is 1. The van der Waals surface area contributed by atoms with Gasteiger partial charge in [-0.1, -0.05) is 78.9 Å². The summed E-state index contributed by atoms with van der Waals surface area (Å²) in [5.74, 6) is -2.16. The third kappa shape index (κ3) is 7.54. The van der Waals surface area contributed by atoms with Gasteiger partial charge in [-0.2, -0.15) is 0 Å². The molecule has 3 atom stereocenters. The molecule has 1 heterocycles. The lowest BCUT2D eigenvalue weighted by Gasteiger charge is -2.27. The maximum atomic E-state index is 13.6. The number of hydrogen-bond donors (Lipinski definition) is 2. The fourth-order valence-electron chi connectivity index (χ4n) is 5.17. The van der Waals surface area contributed by atoms with Crippen LogP contribution < -0.4 is 10.2 Å². The molecular weight excluding hydrogens is 476 g/mol. The maximum absolute atomic E-state index is 13.6. The first-order chi connectivity index (χ1) is 18.5. The minimum absolute atomic E-state index is 0.0898. The fraction of sp³-hybridized carbons (Fsp3) is 0.344. The molecule has 1 aliphatic rings. The van der Waals surface area contributed by atoms with Gasteiger partial charge in [0, 0.05) is 18.2 Å². The summed E-state index contributed by atoms with van der Waals surface area (Å²) in [6.07, 6.45) is 4.04. The van der Waals surface area contributed by atoms with Crippen molar-refractivity contribution in [2.75, 3.05) is 11.4 Å². The molecule has 1 unspecified atom stereocenters. The molecule has 38 heavy (non-hydrogen) atoms. The molecule has 0 radical (unpaired) electrons. The Kier molecular flexibility index (Phi) is 9.68. The highest BCUT2D eigenvalue weighted by Gasteiger charge is 2.32. The van der Waals surface area contributed by atoms with Crippen LogP contribution in [0, 0.1) is 11.8 Å². The number of para-hydroxylation sites is 1. The molecule has 198 valence electrons. The van der Waals surface area contributed by atoms with E-state index in [1.165, 1.54) is 0 Å². The van der Waals surface area contributed by atoms with Crippen molar-refractivity contribution >= 4 is 23.5 Å². The predicted octanol–water partition coefficient (Wildman–Crippen LogP) is 5.27. The molecule has 0 aliphatic carbocycles. The number of amides is 2. The molecule has 1 saturated heterocycles. The molecule has 3 aromatic carbocycles. The van der Waals surface area contributed by atoms with Crippen LogP contribution in [0.3, 0.4) is 0 Å². The highest BCUT2D eigenvalue weighted by molar-refractivity contribution is 5.99. The lowest BCUT2D eigenvalue weighted by molar-refractivity contribution is -0.142. The molecule has 4 rings (SSSR count). The van der Waals surface area contributed by atoms with Crippen LogP contribution in [0.1, 0.15) is 43.2 Å². The second-order valence-electron chi connectivity index (χ2n) is 10.1. The van der Waals surface area contributed by atoms with Gasteiger partial charge >= 0.3 is 5.97 Å². The summed E-state index contributed by atoms with van der Waals surface area (Å²) in [7, 11) is 0. The Bertz CT molecular complexity index is 1180.